The van der Waals surface area contributed by atoms with Gasteiger partial charge in [0, 0.05) is 0 Å². The molecule has 2 nitrogen and oxygen atoms in total. The van der Waals surface area contributed by atoms with Crippen LogP contribution in [0.25, 0.3) is 0 Å². The van der Waals surface area contributed by atoms with Crippen molar-refractivity contribution in [3.63, 3.8) is 0 Å². The van der Waals surface area contributed by atoms with E-state index in [2.05, 4.69) is 55.0 Å². The molecule has 2 saturated carbocycles. The number of aliphatic hydroxyl groups excluding tert-OH is 2. The molecule has 0 aromatic heterocycles. The van der Waals surface area contributed by atoms with Gasteiger partial charge in [-0.1, -0.05) is 58.3 Å². The summed E-state index contributed by atoms with van der Waals surface area (Å²) in [4.78, 5) is 0. The van der Waals surface area contributed by atoms with E-state index < -0.39 is 0 Å². The molecule has 8 atom stereocenters. The van der Waals surface area contributed by atoms with Gasteiger partial charge in [-0.2, -0.15) is 0 Å². The lowest BCUT2D eigenvalue weighted by Gasteiger charge is -2.62. The molecule has 1 unspecified atom stereocenters. The maximum absolute atomic E-state index is 11.0. The maximum atomic E-state index is 11.0. The lowest BCUT2D eigenvalue weighted by atomic mass is 9.43. The molecular formula is C30H50O2. The first kappa shape index (κ1) is 24.5. The van der Waals surface area contributed by atoms with Crippen molar-refractivity contribution >= 4 is 0 Å². The quantitative estimate of drug-likeness (QED) is 0.434. The molecule has 0 spiro atoms. The lowest BCUT2D eigenvalue weighted by molar-refractivity contribution is -0.0970. The molecular weight excluding hydrogens is 392 g/mol. The van der Waals surface area contributed by atoms with Crippen molar-refractivity contribution in [2.45, 2.75) is 125 Å². The number of hydrogen-bond acceptors (Lipinski definition) is 2. The Balaban J connectivity index is 1.65. The Kier molecular flexibility index (Phi) is 6.11. The molecule has 0 aliphatic heterocycles. The van der Waals surface area contributed by atoms with Gasteiger partial charge in [0.2, 0.25) is 0 Å². The monoisotopic (exact) mass is 442 g/mol. The second-order valence-corrected chi connectivity index (χ2v) is 13.7. The predicted molar refractivity (Wildman–Crippen MR) is 134 cm³/mol. The van der Waals surface area contributed by atoms with Gasteiger partial charge in [0.05, 0.1) is 12.2 Å². The van der Waals surface area contributed by atoms with Crippen molar-refractivity contribution in [3.8, 4) is 0 Å². The van der Waals surface area contributed by atoms with E-state index in [1.54, 1.807) is 11.1 Å². The molecule has 0 aromatic carbocycles. The molecule has 0 radical (unpaired) electrons. The number of rotatable bonds is 5. The number of fused-ring (bicyclic) bond motifs is 4. The minimum atomic E-state index is -0.222. The van der Waals surface area contributed by atoms with Crippen LogP contribution in [-0.4, -0.2) is 22.4 Å². The Morgan fingerprint density at radius 2 is 1.69 bits per heavy atom. The van der Waals surface area contributed by atoms with Crippen molar-refractivity contribution in [3.05, 3.63) is 23.3 Å². The smallest absolute Gasteiger partial charge is 0.0594 e. The first-order valence-electron chi connectivity index (χ1n) is 13.5. The molecule has 2 N–H and O–H groups in total. The van der Waals surface area contributed by atoms with Gasteiger partial charge in [0.1, 0.15) is 0 Å². The number of aliphatic hydroxyl groups is 2. The van der Waals surface area contributed by atoms with Crippen LogP contribution in [0, 0.1) is 39.4 Å². The van der Waals surface area contributed by atoms with Crippen LogP contribution in [0.1, 0.15) is 113 Å². The predicted octanol–water partition coefficient (Wildman–Crippen LogP) is 7.45. The zero-order valence-electron chi connectivity index (χ0n) is 22.1. The zero-order chi connectivity index (χ0) is 23.7. The second kappa shape index (κ2) is 7.98. The third-order valence-corrected chi connectivity index (χ3v) is 11.9. The summed E-state index contributed by atoms with van der Waals surface area (Å²) in [7, 11) is 0. The summed E-state index contributed by atoms with van der Waals surface area (Å²) in [5.74, 6) is 1.53. The molecule has 0 saturated heterocycles. The minimum absolute atomic E-state index is 0.00725. The highest BCUT2D eigenvalue weighted by molar-refractivity contribution is 5.38. The first-order chi connectivity index (χ1) is 14.8. The topological polar surface area (TPSA) is 40.5 Å². The van der Waals surface area contributed by atoms with Crippen LogP contribution in [0.4, 0.5) is 0 Å². The third-order valence-electron chi connectivity index (χ3n) is 11.9. The fourth-order valence-electron chi connectivity index (χ4n) is 9.48. The molecule has 32 heavy (non-hydrogen) atoms. The summed E-state index contributed by atoms with van der Waals surface area (Å²) in [6.07, 6.45) is 11.0. The average Bonchev–Trinajstić information content (AvgIpc) is 3.00. The van der Waals surface area contributed by atoms with E-state index in [1.807, 2.05) is 0 Å². The first-order valence-corrected chi connectivity index (χ1v) is 13.5. The van der Waals surface area contributed by atoms with E-state index in [9.17, 15) is 10.2 Å². The lowest BCUT2D eigenvalue weighted by Crippen LogP contribution is -2.55. The van der Waals surface area contributed by atoms with Crippen LogP contribution in [0.5, 0.6) is 0 Å². The molecule has 0 bridgehead atoms. The van der Waals surface area contributed by atoms with Crippen molar-refractivity contribution < 1.29 is 10.2 Å². The third kappa shape index (κ3) is 3.33. The van der Waals surface area contributed by atoms with Gasteiger partial charge in [0.15, 0.2) is 0 Å². The SMILES string of the molecule is C=C(C)CC[C@@H](O)[C@@H](C)[C@H]1CC[C@@]2(C)C3=C(CC[C@]12C)[C@@]1(C)CC[C@H](O)C(C)(C)C1CC3. The van der Waals surface area contributed by atoms with Crippen LogP contribution in [-0.2, 0) is 0 Å². The van der Waals surface area contributed by atoms with Crippen LogP contribution in [0.2, 0.25) is 0 Å². The largest absolute Gasteiger partial charge is 0.393 e. The zero-order valence-corrected chi connectivity index (χ0v) is 22.1. The van der Waals surface area contributed by atoms with Crippen LogP contribution >= 0.6 is 0 Å². The van der Waals surface area contributed by atoms with Crippen molar-refractivity contribution in [1.82, 2.24) is 0 Å². The summed E-state index contributed by atoms with van der Waals surface area (Å²) in [5, 5.41) is 21.9. The normalized spacial score (nSPS) is 45.0. The van der Waals surface area contributed by atoms with E-state index in [0.29, 0.717) is 17.8 Å². The van der Waals surface area contributed by atoms with E-state index >= 15 is 0 Å². The minimum Gasteiger partial charge on any atom is -0.393 e. The number of allylic oxidation sites excluding steroid dienone is 3. The Bertz CT molecular complexity index is 793. The van der Waals surface area contributed by atoms with Crippen molar-refractivity contribution in [1.29, 1.82) is 0 Å². The van der Waals surface area contributed by atoms with E-state index in [-0.39, 0.29) is 33.9 Å². The Morgan fingerprint density at radius 1 is 1.00 bits per heavy atom. The molecule has 0 aromatic rings. The molecule has 182 valence electrons. The molecule has 2 fully saturated rings. The van der Waals surface area contributed by atoms with E-state index in [0.717, 1.165) is 25.7 Å². The molecule has 4 aliphatic carbocycles. The van der Waals surface area contributed by atoms with Crippen molar-refractivity contribution in [2.75, 3.05) is 0 Å². The molecule has 0 amide bonds. The standard InChI is InChI=1S/C30H50O2/c1-19(2)9-11-24(31)20(3)21-13-17-30(8)23-10-12-25-27(4,5)26(32)15-16-28(25,6)22(23)14-18-29(21,30)7/h20-21,24-26,31-32H,1,9-18H2,2-8H3/t20-,21+,24+,25?,26-,28+,29+,30-/m0/s1. The van der Waals surface area contributed by atoms with Crippen LogP contribution in [0.3, 0.4) is 0 Å². The Morgan fingerprint density at radius 3 is 2.34 bits per heavy atom. The Labute approximate surface area is 198 Å². The summed E-state index contributed by atoms with van der Waals surface area (Å²) < 4.78 is 0. The van der Waals surface area contributed by atoms with Crippen molar-refractivity contribution in [2.24, 2.45) is 39.4 Å². The summed E-state index contributed by atoms with van der Waals surface area (Å²) in [6.45, 7) is 20.8. The number of hydrogen-bond donors (Lipinski definition) is 2. The van der Waals surface area contributed by atoms with Gasteiger partial charge in [-0.25, -0.2) is 0 Å². The summed E-state index contributed by atoms with van der Waals surface area (Å²) >= 11 is 0. The highest BCUT2D eigenvalue weighted by Crippen LogP contribution is 2.72. The molecule has 4 rings (SSSR count). The van der Waals surface area contributed by atoms with Gasteiger partial charge in [-0.3, -0.25) is 0 Å². The fraction of sp³-hybridized carbons (Fsp3) is 0.867. The second-order valence-electron chi connectivity index (χ2n) is 13.7. The summed E-state index contributed by atoms with van der Waals surface area (Å²) in [6, 6.07) is 0. The highest BCUT2D eigenvalue weighted by atomic mass is 16.3. The molecule has 4 aliphatic rings. The van der Waals surface area contributed by atoms with Gasteiger partial charge in [-0.15, -0.1) is 6.58 Å². The van der Waals surface area contributed by atoms with Crippen LogP contribution < -0.4 is 0 Å². The Hall–Kier alpha value is -0.600. The summed E-state index contributed by atoms with van der Waals surface area (Å²) in [5.41, 5.74) is 5.56. The molecule has 0 heterocycles. The van der Waals surface area contributed by atoms with Crippen LogP contribution in [0.15, 0.2) is 23.3 Å². The highest BCUT2D eigenvalue weighted by Gasteiger charge is 2.63. The van der Waals surface area contributed by atoms with E-state index in [4.69, 9.17) is 0 Å². The average molecular weight is 443 g/mol. The molecule has 2 heteroatoms. The van der Waals surface area contributed by atoms with Gasteiger partial charge >= 0.3 is 0 Å². The van der Waals surface area contributed by atoms with Gasteiger partial charge < -0.3 is 10.2 Å². The maximum Gasteiger partial charge on any atom is 0.0594 e. The fourth-order valence-corrected chi connectivity index (χ4v) is 9.48. The van der Waals surface area contributed by atoms with E-state index in [1.165, 1.54) is 44.1 Å². The van der Waals surface area contributed by atoms with Gasteiger partial charge in [-0.05, 0) is 111 Å². The van der Waals surface area contributed by atoms with Gasteiger partial charge in [0.25, 0.3) is 0 Å².